The number of fused-ring (bicyclic) bond motifs is 3. The average molecular weight is 543 g/mol. The summed E-state index contributed by atoms with van der Waals surface area (Å²) in [5.41, 5.74) is -3.71. The van der Waals surface area contributed by atoms with Crippen LogP contribution >= 0.6 is 11.6 Å². The van der Waals surface area contributed by atoms with Gasteiger partial charge in [-0.3, -0.25) is 19.2 Å². The smallest absolute Gasteiger partial charge is 0.312 e. The van der Waals surface area contributed by atoms with Gasteiger partial charge in [0.05, 0.1) is 28.9 Å². The van der Waals surface area contributed by atoms with Gasteiger partial charge in [0.15, 0.2) is 11.7 Å². The van der Waals surface area contributed by atoms with Crippen molar-refractivity contribution in [3.05, 3.63) is 12.2 Å². The van der Waals surface area contributed by atoms with E-state index in [0.717, 1.165) is 0 Å². The molecule has 10 nitrogen and oxygen atoms in total. The summed E-state index contributed by atoms with van der Waals surface area (Å²) in [6, 6.07) is 0. The van der Waals surface area contributed by atoms with E-state index in [2.05, 4.69) is 6.58 Å². The molecule has 1 spiro atoms. The van der Waals surface area contributed by atoms with Crippen molar-refractivity contribution in [1.82, 2.24) is 0 Å². The maximum atomic E-state index is 12.9. The Morgan fingerprint density at radius 2 is 1.59 bits per heavy atom. The fourth-order valence-electron chi connectivity index (χ4n) is 6.85. The minimum Gasteiger partial charge on any atom is -0.462 e. The van der Waals surface area contributed by atoms with Crippen LogP contribution in [0, 0.1) is 17.3 Å². The Kier molecular flexibility index (Phi) is 7.18. The maximum absolute atomic E-state index is 12.9. The van der Waals surface area contributed by atoms with Crippen molar-refractivity contribution in [2.75, 3.05) is 6.61 Å². The molecule has 0 aromatic heterocycles. The maximum Gasteiger partial charge on any atom is 0.312 e. The Bertz CT molecular complexity index is 1010. The first-order valence-corrected chi connectivity index (χ1v) is 13.0. The van der Waals surface area contributed by atoms with Crippen LogP contribution in [-0.4, -0.2) is 76.6 Å². The van der Waals surface area contributed by atoms with E-state index >= 15 is 0 Å². The number of rotatable bonds is 3. The van der Waals surface area contributed by atoms with Crippen molar-refractivity contribution >= 4 is 35.5 Å². The van der Waals surface area contributed by atoms with Gasteiger partial charge in [0.25, 0.3) is 0 Å². The standard InChI is InChI=1S/C26H35ClO10/c1-12-7-8-17(34-14(3)28)24(6)18(35-15(4)29)9-10-25(11-33-25)20(24)22(36-16(5)30)26(32)13(2)23(31)37-21(26)19(12)27/h13,17-22,32H,1,7-11H2,2-6H3/t13?,17-,18?,19?,20?,21?,22+,24+,25+,26?/m1/s1. The normalized spacial score (nSPS) is 45.2. The van der Waals surface area contributed by atoms with E-state index in [9.17, 15) is 24.3 Å². The largest absolute Gasteiger partial charge is 0.462 e. The Labute approximate surface area is 220 Å². The van der Waals surface area contributed by atoms with Crippen LogP contribution in [0.25, 0.3) is 0 Å². The SMILES string of the molecule is C=C1CC[C@@H](OC(C)=O)[C@@]2(C)C(OC(C)=O)CC[C@]3(CO3)C2[C@H](OC(C)=O)C2(O)C(C)C(=O)OC2C1Cl. The lowest BCUT2D eigenvalue weighted by molar-refractivity contribution is -0.244. The topological polar surface area (TPSA) is 138 Å². The van der Waals surface area contributed by atoms with Crippen LogP contribution in [0.3, 0.4) is 0 Å². The number of hydrogen-bond donors (Lipinski definition) is 1. The Morgan fingerprint density at radius 1 is 1.05 bits per heavy atom. The monoisotopic (exact) mass is 542 g/mol. The molecule has 10 atom stereocenters. The molecule has 4 rings (SSSR count). The van der Waals surface area contributed by atoms with Crippen molar-refractivity contribution < 1.29 is 48.0 Å². The molecule has 4 aliphatic rings. The second-order valence-corrected chi connectivity index (χ2v) is 11.5. The molecule has 0 aromatic carbocycles. The molecule has 4 fully saturated rings. The molecular weight excluding hydrogens is 508 g/mol. The van der Waals surface area contributed by atoms with Gasteiger partial charge in [-0.1, -0.05) is 19.1 Å². The van der Waals surface area contributed by atoms with E-state index in [0.29, 0.717) is 18.4 Å². The third kappa shape index (κ3) is 4.44. The van der Waals surface area contributed by atoms with E-state index in [-0.39, 0.29) is 19.4 Å². The first kappa shape index (κ1) is 27.9. The summed E-state index contributed by atoms with van der Waals surface area (Å²) in [7, 11) is 0. The Balaban J connectivity index is 2.00. The van der Waals surface area contributed by atoms with Crippen molar-refractivity contribution in [1.29, 1.82) is 0 Å². The molecule has 1 N–H and O–H groups in total. The molecule has 0 bridgehead atoms. The molecular formula is C26H35ClO10. The van der Waals surface area contributed by atoms with E-state index in [1.807, 2.05) is 0 Å². The number of carbonyl (C=O) groups is 4. The predicted molar refractivity (Wildman–Crippen MR) is 128 cm³/mol. The first-order valence-electron chi connectivity index (χ1n) is 12.6. The number of hydrogen-bond acceptors (Lipinski definition) is 10. The van der Waals surface area contributed by atoms with Crippen LogP contribution in [0.5, 0.6) is 0 Å². The van der Waals surface area contributed by atoms with Gasteiger partial charge in [-0.25, -0.2) is 0 Å². The zero-order valence-electron chi connectivity index (χ0n) is 21.8. The van der Waals surface area contributed by atoms with Crippen LogP contribution in [0.1, 0.15) is 60.3 Å². The lowest BCUT2D eigenvalue weighted by Gasteiger charge is -2.57. The minimum atomic E-state index is -2.08. The first-order chi connectivity index (χ1) is 17.2. The molecule has 2 saturated heterocycles. The summed E-state index contributed by atoms with van der Waals surface area (Å²) in [4.78, 5) is 50.0. The number of alkyl halides is 1. The molecule has 2 aliphatic carbocycles. The molecule has 0 aromatic rings. The van der Waals surface area contributed by atoms with Crippen LogP contribution in [0.4, 0.5) is 0 Å². The third-order valence-corrected chi connectivity index (χ3v) is 9.30. The van der Waals surface area contributed by atoms with Gasteiger partial charge in [-0.05, 0) is 32.6 Å². The summed E-state index contributed by atoms with van der Waals surface area (Å²) in [5, 5.41) is 11.4. The quantitative estimate of drug-likeness (QED) is 0.186. The van der Waals surface area contributed by atoms with Gasteiger partial charge in [0.1, 0.15) is 18.3 Å². The van der Waals surface area contributed by atoms with Gasteiger partial charge in [0, 0.05) is 26.7 Å². The van der Waals surface area contributed by atoms with Crippen LogP contribution < -0.4 is 0 Å². The lowest BCUT2D eigenvalue weighted by atomic mass is 9.52. The molecule has 2 saturated carbocycles. The summed E-state index contributed by atoms with van der Waals surface area (Å²) < 4.78 is 29.2. The van der Waals surface area contributed by atoms with Crippen LogP contribution in [-0.2, 0) is 42.9 Å². The van der Waals surface area contributed by atoms with E-state index in [1.165, 1.54) is 27.7 Å². The molecule has 2 aliphatic heterocycles. The minimum absolute atomic E-state index is 0.254. The highest BCUT2D eigenvalue weighted by Gasteiger charge is 2.75. The molecule has 0 amide bonds. The molecule has 37 heavy (non-hydrogen) atoms. The summed E-state index contributed by atoms with van der Waals surface area (Å²) in [5.74, 6) is -4.47. The number of aliphatic hydroxyl groups is 1. The summed E-state index contributed by atoms with van der Waals surface area (Å²) in [6.45, 7) is 11.4. The third-order valence-electron chi connectivity index (χ3n) is 8.77. The molecule has 0 radical (unpaired) electrons. The highest BCUT2D eigenvalue weighted by Crippen LogP contribution is 2.62. The fourth-order valence-corrected chi connectivity index (χ4v) is 7.22. The van der Waals surface area contributed by atoms with Gasteiger partial charge in [-0.2, -0.15) is 0 Å². The number of halogens is 1. The Hall–Kier alpha value is -2.17. The van der Waals surface area contributed by atoms with Gasteiger partial charge < -0.3 is 28.8 Å². The molecule has 206 valence electrons. The number of ether oxygens (including phenoxy) is 5. The van der Waals surface area contributed by atoms with E-state index in [4.69, 9.17) is 35.3 Å². The van der Waals surface area contributed by atoms with Crippen LogP contribution in [0.2, 0.25) is 0 Å². The average Bonchev–Trinajstić information content (AvgIpc) is 3.53. The Morgan fingerprint density at radius 3 is 2.11 bits per heavy atom. The predicted octanol–water partition coefficient (Wildman–Crippen LogP) is 2.22. The lowest BCUT2D eigenvalue weighted by Crippen LogP contribution is -2.70. The van der Waals surface area contributed by atoms with E-state index in [1.54, 1.807) is 6.92 Å². The van der Waals surface area contributed by atoms with E-state index < -0.39 is 82.1 Å². The molecule has 2 heterocycles. The number of carbonyl (C=O) groups excluding carboxylic acids is 4. The summed E-state index contributed by atoms with van der Waals surface area (Å²) >= 11 is 6.75. The van der Waals surface area contributed by atoms with Crippen LogP contribution in [0.15, 0.2) is 12.2 Å². The number of esters is 4. The van der Waals surface area contributed by atoms with Crippen molar-refractivity contribution in [3.8, 4) is 0 Å². The zero-order valence-corrected chi connectivity index (χ0v) is 22.5. The molecule has 11 heteroatoms. The second kappa shape index (κ2) is 9.54. The van der Waals surface area contributed by atoms with Gasteiger partial charge in [-0.15, -0.1) is 11.6 Å². The summed E-state index contributed by atoms with van der Waals surface area (Å²) in [6.07, 6.45) is -2.94. The highest BCUT2D eigenvalue weighted by molar-refractivity contribution is 6.23. The van der Waals surface area contributed by atoms with Gasteiger partial charge in [0.2, 0.25) is 0 Å². The zero-order chi connectivity index (χ0) is 27.5. The van der Waals surface area contributed by atoms with Crippen molar-refractivity contribution in [2.45, 2.75) is 101 Å². The van der Waals surface area contributed by atoms with Gasteiger partial charge >= 0.3 is 23.9 Å². The number of epoxide rings is 1. The van der Waals surface area contributed by atoms with Crippen molar-refractivity contribution in [2.24, 2.45) is 17.3 Å². The fraction of sp³-hybridized carbons (Fsp3) is 0.769. The van der Waals surface area contributed by atoms with Crippen molar-refractivity contribution in [3.63, 3.8) is 0 Å². The molecule has 6 unspecified atom stereocenters. The second-order valence-electron chi connectivity index (χ2n) is 11.0. The highest BCUT2D eigenvalue weighted by atomic mass is 35.5.